The lowest BCUT2D eigenvalue weighted by Gasteiger charge is -2.32. The molecule has 0 radical (unpaired) electrons. The van der Waals surface area contributed by atoms with Gasteiger partial charge in [0.25, 0.3) is 0 Å². The zero-order valence-corrected chi connectivity index (χ0v) is 9.41. The minimum atomic E-state index is 0.102. The first-order chi connectivity index (χ1) is 7.16. The zero-order chi connectivity index (χ0) is 10.8. The second-order valence-corrected chi connectivity index (χ2v) is 4.93. The Morgan fingerprint density at radius 1 is 1.73 bits per heavy atom. The first-order valence-corrected chi connectivity index (χ1v) is 5.95. The van der Waals surface area contributed by atoms with Crippen LogP contribution in [0.1, 0.15) is 31.5 Å². The van der Waals surface area contributed by atoms with Crippen LogP contribution in [0.3, 0.4) is 0 Å². The van der Waals surface area contributed by atoms with Gasteiger partial charge in [-0.15, -0.1) is 5.10 Å². The van der Waals surface area contributed by atoms with Gasteiger partial charge >= 0.3 is 0 Å². The zero-order valence-electron chi connectivity index (χ0n) is 8.59. The van der Waals surface area contributed by atoms with Gasteiger partial charge in [-0.1, -0.05) is 17.0 Å². The van der Waals surface area contributed by atoms with Gasteiger partial charge in [-0.25, -0.2) is 4.68 Å². The minimum Gasteiger partial charge on any atom is -0.326 e. The first-order valence-electron chi connectivity index (χ1n) is 4.96. The van der Waals surface area contributed by atoms with E-state index in [1.54, 1.807) is 6.92 Å². The normalized spacial score (nSPS) is 24.9. The van der Waals surface area contributed by atoms with Crippen molar-refractivity contribution in [1.82, 2.24) is 15.0 Å². The van der Waals surface area contributed by atoms with Crippen LogP contribution < -0.4 is 5.73 Å². The van der Waals surface area contributed by atoms with Crippen molar-refractivity contribution in [3.8, 4) is 0 Å². The maximum atomic E-state index is 10.8. The van der Waals surface area contributed by atoms with Crippen LogP contribution in [0.5, 0.6) is 0 Å². The second kappa shape index (κ2) is 4.32. The molecule has 2 unspecified atom stereocenters. The van der Waals surface area contributed by atoms with E-state index in [0.29, 0.717) is 11.8 Å². The highest BCUT2D eigenvalue weighted by atomic mass is 32.2. The molecule has 0 amide bonds. The van der Waals surface area contributed by atoms with Crippen molar-refractivity contribution in [3.05, 3.63) is 11.9 Å². The number of carbonyl (C=O) groups excluding carboxylic acids is 1. The van der Waals surface area contributed by atoms with Crippen molar-refractivity contribution < 1.29 is 4.79 Å². The molecule has 1 saturated carbocycles. The fraction of sp³-hybridized carbons (Fsp3) is 0.667. The Hall–Kier alpha value is -0.880. The van der Waals surface area contributed by atoms with Gasteiger partial charge < -0.3 is 5.73 Å². The van der Waals surface area contributed by atoms with Crippen molar-refractivity contribution in [3.63, 3.8) is 0 Å². The Morgan fingerprint density at radius 3 is 3.07 bits per heavy atom. The summed E-state index contributed by atoms with van der Waals surface area (Å²) < 4.78 is 1.82. The van der Waals surface area contributed by atoms with Gasteiger partial charge in [-0.05, 0) is 12.8 Å². The molecule has 1 aliphatic carbocycles. The molecule has 0 saturated heterocycles. The molecule has 0 spiro atoms. The first kappa shape index (κ1) is 10.6. The second-order valence-electron chi connectivity index (χ2n) is 3.78. The number of hydrogen-bond acceptors (Lipinski definition) is 5. The van der Waals surface area contributed by atoms with Crippen molar-refractivity contribution in [2.45, 2.75) is 37.6 Å². The van der Waals surface area contributed by atoms with E-state index in [1.807, 2.05) is 10.9 Å². The summed E-state index contributed by atoms with van der Waals surface area (Å²) in [6, 6.07) is 0.508. The third kappa shape index (κ3) is 2.38. The van der Waals surface area contributed by atoms with Gasteiger partial charge in [0, 0.05) is 24.9 Å². The molecule has 0 aromatic carbocycles. The Morgan fingerprint density at radius 2 is 2.53 bits per heavy atom. The monoisotopic (exact) mass is 226 g/mol. The van der Waals surface area contributed by atoms with Crippen LogP contribution in [-0.4, -0.2) is 26.2 Å². The minimum absolute atomic E-state index is 0.102. The third-order valence-electron chi connectivity index (χ3n) is 2.61. The molecule has 82 valence electrons. The summed E-state index contributed by atoms with van der Waals surface area (Å²) in [5.74, 6) is 0.595. The van der Waals surface area contributed by atoms with Crippen LogP contribution in [0.2, 0.25) is 0 Å². The molecule has 1 aromatic heterocycles. The van der Waals surface area contributed by atoms with Crippen LogP contribution >= 0.6 is 11.8 Å². The van der Waals surface area contributed by atoms with Crippen LogP contribution in [-0.2, 0) is 10.5 Å². The summed E-state index contributed by atoms with van der Waals surface area (Å²) >= 11 is 1.25. The third-order valence-corrected chi connectivity index (χ3v) is 3.46. The lowest BCUT2D eigenvalue weighted by molar-refractivity contribution is -0.109. The Balaban J connectivity index is 1.95. The number of aromatic nitrogens is 3. The van der Waals surface area contributed by atoms with Gasteiger partial charge in [-0.3, -0.25) is 4.79 Å². The van der Waals surface area contributed by atoms with Crippen LogP contribution in [0.15, 0.2) is 6.20 Å². The highest BCUT2D eigenvalue weighted by Gasteiger charge is 2.29. The predicted octanol–water partition coefficient (Wildman–Crippen LogP) is 0.720. The molecule has 1 aromatic rings. The standard InChI is InChI=1S/C9H14N4OS/c1-6(14)15-5-7-4-13(12-11-7)9-3-2-8(9)10/h4,8-9H,2-3,5,10H2,1H3. The number of nitrogens with two attached hydrogens (primary N) is 1. The quantitative estimate of drug-likeness (QED) is 0.822. The largest absolute Gasteiger partial charge is 0.326 e. The predicted molar refractivity (Wildman–Crippen MR) is 58.2 cm³/mol. The van der Waals surface area contributed by atoms with Gasteiger partial charge in [0.1, 0.15) is 0 Å². The summed E-state index contributed by atoms with van der Waals surface area (Å²) in [5.41, 5.74) is 6.68. The van der Waals surface area contributed by atoms with Gasteiger partial charge in [0.2, 0.25) is 0 Å². The van der Waals surface area contributed by atoms with E-state index in [0.717, 1.165) is 18.5 Å². The number of nitrogens with zero attached hydrogens (tertiary/aromatic N) is 3. The lowest BCUT2D eigenvalue weighted by atomic mass is 9.87. The van der Waals surface area contributed by atoms with E-state index in [4.69, 9.17) is 5.73 Å². The topological polar surface area (TPSA) is 73.8 Å². The molecule has 1 heterocycles. The van der Waals surface area contributed by atoms with Crippen molar-refractivity contribution >= 4 is 16.9 Å². The number of hydrogen-bond donors (Lipinski definition) is 1. The van der Waals surface area contributed by atoms with Gasteiger partial charge in [-0.2, -0.15) is 0 Å². The molecular formula is C9H14N4OS. The van der Waals surface area contributed by atoms with Crippen molar-refractivity contribution in [2.24, 2.45) is 5.73 Å². The van der Waals surface area contributed by atoms with E-state index < -0.39 is 0 Å². The fourth-order valence-corrected chi connectivity index (χ4v) is 2.04. The molecule has 2 atom stereocenters. The molecule has 15 heavy (non-hydrogen) atoms. The summed E-state index contributed by atoms with van der Waals surface area (Å²) in [6.07, 6.45) is 4.02. The molecule has 5 nitrogen and oxygen atoms in total. The molecule has 2 N–H and O–H groups in total. The lowest BCUT2D eigenvalue weighted by Crippen LogP contribution is -2.41. The van der Waals surface area contributed by atoms with E-state index in [-0.39, 0.29) is 11.2 Å². The molecule has 1 aliphatic rings. The van der Waals surface area contributed by atoms with E-state index >= 15 is 0 Å². The van der Waals surface area contributed by atoms with E-state index in [2.05, 4.69) is 10.3 Å². The summed E-state index contributed by atoms with van der Waals surface area (Å²) in [7, 11) is 0. The summed E-state index contributed by atoms with van der Waals surface area (Å²) in [4.78, 5) is 10.8. The smallest absolute Gasteiger partial charge is 0.186 e. The van der Waals surface area contributed by atoms with Gasteiger partial charge in [0.15, 0.2) is 5.12 Å². The summed E-state index contributed by atoms with van der Waals surface area (Å²) in [6.45, 7) is 1.55. The number of rotatable bonds is 3. The van der Waals surface area contributed by atoms with E-state index in [9.17, 15) is 4.79 Å². The molecule has 0 aliphatic heterocycles. The van der Waals surface area contributed by atoms with Crippen LogP contribution in [0.4, 0.5) is 0 Å². The van der Waals surface area contributed by atoms with Crippen LogP contribution in [0.25, 0.3) is 0 Å². The van der Waals surface area contributed by atoms with Gasteiger partial charge in [0.05, 0.1) is 11.7 Å². The molecular weight excluding hydrogens is 212 g/mol. The average molecular weight is 226 g/mol. The average Bonchev–Trinajstić information content (AvgIpc) is 2.61. The highest BCUT2D eigenvalue weighted by molar-refractivity contribution is 8.12. The Bertz CT molecular complexity index is 365. The summed E-state index contributed by atoms with van der Waals surface area (Å²) in [5, 5.41) is 8.14. The highest BCUT2D eigenvalue weighted by Crippen LogP contribution is 2.29. The molecule has 0 bridgehead atoms. The van der Waals surface area contributed by atoms with E-state index in [1.165, 1.54) is 11.8 Å². The SMILES string of the molecule is CC(=O)SCc1cn(C2CCC2N)nn1. The number of carbonyl (C=O) groups is 1. The number of thioether (sulfide) groups is 1. The molecule has 6 heteroatoms. The van der Waals surface area contributed by atoms with Crippen LogP contribution in [0, 0.1) is 0 Å². The maximum absolute atomic E-state index is 10.8. The van der Waals surface area contributed by atoms with Crippen molar-refractivity contribution in [1.29, 1.82) is 0 Å². The Kier molecular flexibility index (Phi) is 3.06. The molecule has 1 fully saturated rings. The Labute approximate surface area is 92.4 Å². The van der Waals surface area contributed by atoms with Crippen molar-refractivity contribution in [2.75, 3.05) is 0 Å². The molecule has 2 rings (SSSR count). The fourth-order valence-electron chi connectivity index (χ4n) is 1.55. The maximum Gasteiger partial charge on any atom is 0.186 e.